The van der Waals surface area contributed by atoms with E-state index in [1.807, 2.05) is 30.3 Å². The summed E-state index contributed by atoms with van der Waals surface area (Å²) in [6.07, 6.45) is 6.95. The zero-order chi connectivity index (χ0) is 16.7. The summed E-state index contributed by atoms with van der Waals surface area (Å²) >= 11 is 0. The number of fused-ring (bicyclic) bond motifs is 1. The van der Waals surface area contributed by atoms with E-state index in [4.69, 9.17) is 4.74 Å². The van der Waals surface area contributed by atoms with Crippen LogP contribution in [0, 0.1) is 0 Å². The Kier molecular flexibility index (Phi) is 3.72. The molecule has 2 atom stereocenters. The highest BCUT2D eigenvalue weighted by Crippen LogP contribution is 2.36. The number of anilines is 1. The van der Waals surface area contributed by atoms with Crippen LogP contribution in [0.15, 0.2) is 30.7 Å². The molecule has 0 bridgehead atoms. The SMILES string of the molecule is COc1ncccc1CN1CC[C@@H]2[C@@H]1CC(=O)N2c1cnn(C)c1. The largest absolute Gasteiger partial charge is 0.481 e. The molecule has 24 heavy (non-hydrogen) atoms. The average Bonchev–Trinajstić information content (AvgIpc) is 3.24. The topological polar surface area (TPSA) is 63.5 Å². The van der Waals surface area contributed by atoms with Crippen LogP contribution in [0.5, 0.6) is 5.88 Å². The Labute approximate surface area is 140 Å². The van der Waals surface area contributed by atoms with Gasteiger partial charge < -0.3 is 9.64 Å². The van der Waals surface area contributed by atoms with E-state index < -0.39 is 0 Å². The van der Waals surface area contributed by atoms with Crippen LogP contribution >= 0.6 is 0 Å². The third kappa shape index (κ3) is 2.45. The fourth-order valence-electron chi connectivity index (χ4n) is 3.94. The zero-order valence-electron chi connectivity index (χ0n) is 13.9. The van der Waals surface area contributed by atoms with Crippen molar-refractivity contribution in [2.45, 2.75) is 31.5 Å². The standard InChI is InChI=1S/C17H21N5O2/c1-20-11-13(9-19-20)22-14-5-7-21(15(14)8-16(22)23)10-12-4-3-6-18-17(12)24-2/h3-4,6,9,11,14-15H,5,7-8,10H2,1-2H3/t14-,15+/m1/s1. The first-order valence-corrected chi connectivity index (χ1v) is 8.20. The fourth-order valence-corrected chi connectivity index (χ4v) is 3.94. The van der Waals surface area contributed by atoms with Gasteiger partial charge in [-0.2, -0.15) is 5.10 Å². The lowest BCUT2D eigenvalue weighted by Crippen LogP contribution is -2.37. The smallest absolute Gasteiger partial charge is 0.229 e. The summed E-state index contributed by atoms with van der Waals surface area (Å²) in [6.45, 7) is 1.73. The number of ether oxygens (including phenoxy) is 1. The van der Waals surface area contributed by atoms with E-state index in [0.717, 1.165) is 30.8 Å². The van der Waals surface area contributed by atoms with Gasteiger partial charge in [0.15, 0.2) is 0 Å². The molecule has 4 heterocycles. The van der Waals surface area contributed by atoms with Crippen LogP contribution < -0.4 is 9.64 Å². The van der Waals surface area contributed by atoms with Crippen LogP contribution in [0.1, 0.15) is 18.4 Å². The van der Waals surface area contributed by atoms with Crippen LogP contribution in [-0.4, -0.2) is 51.3 Å². The van der Waals surface area contributed by atoms with E-state index in [-0.39, 0.29) is 18.0 Å². The van der Waals surface area contributed by atoms with E-state index in [2.05, 4.69) is 15.0 Å². The highest BCUT2D eigenvalue weighted by atomic mass is 16.5. The second-order valence-electron chi connectivity index (χ2n) is 6.41. The molecule has 4 rings (SSSR count). The number of nitrogens with zero attached hydrogens (tertiary/aromatic N) is 5. The predicted molar refractivity (Wildman–Crippen MR) is 88.7 cm³/mol. The van der Waals surface area contributed by atoms with E-state index >= 15 is 0 Å². The van der Waals surface area contributed by atoms with Gasteiger partial charge >= 0.3 is 0 Å². The molecule has 7 heteroatoms. The van der Waals surface area contributed by atoms with Crippen molar-refractivity contribution in [3.63, 3.8) is 0 Å². The van der Waals surface area contributed by atoms with E-state index in [1.165, 1.54) is 0 Å². The number of hydrogen-bond acceptors (Lipinski definition) is 5. The van der Waals surface area contributed by atoms with Crippen LogP contribution in [0.2, 0.25) is 0 Å². The monoisotopic (exact) mass is 327 g/mol. The Morgan fingerprint density at radius 1 is 1.38 bits per heavy atom. The van der Waals surface area contributed by atoms with E-state index in [9.17, 15) is 4.79 Å². The van der Waals surface area contributed by atoms with Crippen LogP contribution in [-0.2, 0) is 18.4 Å². The summed E-state index contributed by atoms with van der Waals surface area (Å²) < 4.78 is 7.09. The Balaban J connectivity index is 1.54. The summed E-state index contributed by atoms with van der Waals surface area (Å²) in [5.41, 5.74) is 1.96. The number of methoxy groups -OCH3 is 1. The molecule has 1 amide bonds. The minimum absolute atomic E-state index is 0.181. The molecule has 126 valence electrons. The van der Waals surface area contributed by atoms with Gasteiger partial charge in [-0.3, -0.25) is 14.4 Å². The number of amides is 1. The fraction of sp³-hybridized carbons (Fsp3) is 0.471. The molecule has 0 N–H and O–H groups in total. The Morgan fingerprint density at radius 2 is 2.25 bits per heavy atom. The van der Waals surface area contributed by atoms with Crippen molar-refractivity contribution in [2.24, 2.45) is 7.05 Å². The van der Waals surface area contributed by atoms with Gasteiger partial charge in [-0.15, -0.1) is 0 Å². The molecule has 2 aliphatic rings. The zero-order valence-corrected chi connectivity index (χ0v) is 13.9. The molecule has 0 saturated carbocycles. The van der Waals surface area contributed by atoms with Crippen molar-refractivity contribution in [3.8, 4) is 5.88 Å². The molecule has 2 fully saturated rings. The summed E-state index contributed by atoms with van der Waals surface area (Å²) in [7, 11) is 3.51. The summed E-state index contributed by atoms with van der Waals surface area (Å²) in [5.74, 6) is 0.843. The number of aromatic nitrogens is 3. The third-order valence-corrected chi connectivity index (χ3v) is 5.00. The molecule has 2 aromatic rings. The second kappa shape index (κ2) is 5.90. The van der Waals surface area contributed by atoms with Gasteiger partial charge in [-0.25, -0.2) is 4.98 Å². The lowest BCUT2D eigenvalue weighted by molar-refractivity contribution is -0.117. The summed E-state index contributed by atoms with van der Waals surface area (Å²) in [5, 5.41) is 4.20. The molecule has 0 radical (unpaired) electrons. The maximum Gasteiger partial charge on any atom is 0.229 e. The van der Waals surface area contributed by atoms with Gasteiger partial charge in [-0.05, 0) is 12.5 Å². The Morgan fingerprint density at radius 3 is 3.00 bits per heavy atom. The van der Waals surface area contributed by atoms with Gasteiger partial charge in [0.25, 0.3) is 0 Å². The van der Waals surface area contributed by atoms with E-state index in [1.54, 1.807) is 24.2 Å². The molecule has 0 aliphatic carbocycles. The number of hydrogen-bond donors (Lipinski definition) is 0. The first-order chi connectivity index (χ1) is 11.7. The molecule has 2 aromatic heterocycles. The first kappa shape index (κ1) is 15.1. The maximum absolute atomic E-state index is 12.5. The van der Waals surface area contributed by atoms with Crippen LogP contribution in [0.4, 0.5) is 5.69 Å². The van der Waals surface area contributed by atoms with Gasteiger partial charge in [0.2, 0.25) is 11.8 Å². The summed E-state index contributed by atoms with van der Waals surface area (Å²) in [6, 6.07) is 4.43. The van der Waals surface area contributed by atoms with Crippen molar-refractivity contribution >= 4 is 11.6 Å². The quantitative estimate of drug-likeness (QED) is 0.844. The van der Waals surface area contributed by atoms with Crippen molar-refractivity contribution in [2.75, 3.05) is 18.6 Å². The Hall–Kier alpha value is -2.41. The minimum Gasteiger partial charge on any atom is -0.481 e. The van der Waals surface area contributed by atoms with Crippen molar-refractivity contribution < 1.29 is 9.53 Å². The summed E-state index contributed by atoms with van der Waals surface area (Å²) in [4.78, 5) is 21.1. The first-order valence-electron chi connectivity index (χ1n) is 8.20. The minimum atomic E-state index is 0.181. The van der Waals surface area contributed by atoms with Gasteiger partial charge in [0, 0.05) is 50.6 Å². The van der Waals surface area contributed by atoms with Gasteiger partial charge in [0.1, 0.15) is 0 Å². The predicted octanol–water partition coefficient (Wildman–Crippen LogP) is 1.20. The molecule has 0 spiro atoms. The highest BCUT2D eigenvalue weighted by Gasteiger charge is 2.47. The van der Waals surface area contributed by atoms with Crippen LogP contribution in [0.3, 0.4) is 0 Å². The van der Waals surface area contributed by atoms with Gasteiger partial charge in [0.05, 0.1) is 25.0 Å². The second-order valence-corrected chi connectivity index (χ2v) is 6.41. The van der Waals surface area contributed by atoms with E-state index in [0.29, 0.717) is 12.3 Å². The normalized spacial score (nSPS) is 23.8. The van der Waals surface area contributed by atoms with Gasteiger partial charge in [-0.1, -0.05) is 6.07 Å². The number of aryl methyl sites for hydroxylation is 1. The molecule has 0 aromatic carbocycles. The van der Waals surface area contributed by atoms with Crippen LogP contribution in [0.25, 0.3) is 0 Å². The molecule has 2 aliphatic heterocycles. The molecular formula is C17H21N5O2. The number of likely N-dealkylation sites (tertiary alicyclic amines) is 1. The number of pyridine rings is 1. The lowest BCUT2D eigenvalue weighted by atomic mass is 10.1. The lowest BCUT2D eigenvalue weighted by Gasteiger charge is -2.24. The average molecular weight is 327 g/mol. The van der Waals surface area contributed by atoms with Crippen molar-refractivity contribution in [3.05, 3.63) is 36.3 Å². The highest BCUT2D eigenvalue weighted by molar-refractivity contribution is 5.97. The number of carbonyl (C=O) groups is 1. The van der Waals surface area contributed by atoms with Crippen molar-refractivity contribution in [1.82, 2.24) is 19.7 Å². The number of rotatable bonds is 4. The molecule has 7 nitrogen and oxygen atoms in total. The number of carbonyl (C=O) groups excluding carboxylic acids is 1. The Bertz CT molecular complexity index is 759. The molecule has 2 saturated heterocycles. The molecule has 0 unspecified atom stereocenters. The third-order valence-electron chi connectivity index (χ3n) is 5.00. The molecular weight excluding hydrogens is 306 g/mol. The maximum atomic E-state index is 12.5. The van der Waals surface area contributed by atoms with Crippen molar-refractivity contribution in [1.29, 1.82) is 0 Å².